The number of allylic oxidation sites excluding steroid dienone is 5. The molecule has 6 aliphatic rings. The van der Waals surface area contributed by atoms with E-state index in [1.807, 2.05) is 30.3 Å². The zero-order chi connectivity index (χ0) is 35.0. The van der Waals surface area contributed by atoms with Gasteiger partial charge in [0.25, 0.3) is 0 Å². The van der Waals surface area contributed by atoms with E-state index in [1.165, 1.54) is 55.1 Å². The molecule has 0 amide bonds. The van der Waals surface area contributed by atoms with Gasteiger partial charge in [0, 0.05) is 5.41 Å². The van der Waals surface area contributed by atoms with Crippen LogP contribution in [0.5, 0.6) is 0 Å². The minimum atomic E-state index is -1.09. The Hall–Kier alpha value is -2.49. The summed E-state index contributed by atoms with van der Waals surface area (Å²) in [6.07, 6.45) is 18.2. The third-order valence-corrected chi connectivity index (χ3v) is 16.8. The number of ether oxygens (including phenoxy) is 1. The predicted molar refractivity (Wildman–Crippen MR) is 195 cm³/mol. The molecule has 0 spiro atoms. The van der Waals surface area contributed by atoms with Gasteiger partial charge in [0.1, 0.15) is 19.6 Å². The number of halogens is 1. The summed E-state index contributed by atoms with van der Waals surface area (Å²) in [5, 5.41) is 0. The molecule has 0 heterocycles. The van der Waals surface area contributed by atoms with Crippen LogP contribution in [0.25, 0.3) is 0 Å². The Bertz CT molecular complexity index is 1560. The molecule has 1 aromatic carbocycles. The lowest BCUT2D eigenvalue weighted by atomic mass is 9.32. The maximum absolute atomic E-state index is 14.7. The van der Waals surface area contributed by atoms with Gasteiger partial charge in [-0.15, -0.1) is 0 Å². The highest BCUT2D eigenvalue weighted by molar-refractivity contribution is 5.78. The molecule has 0 bridgehead atoms. The van der Waals surface area contributed by atoms with Crippen molar-refractivity contribution < 1.29 is 18.7 Å². The maximum atomic E-state index is 14.7. The van der Waals surface area contributed by atoms with E-state index in [0.29, 0.717) is 48.9 Å². The Kier molecular flexibility index (Phi) is 8.59. The van der Waals surface area contributed by atoms with Gasteiger partial charge in [-0.3, -0.25) is 4.79 Å². The van der Waals surface area contributed by atoms with Crippen molar-refractivity contribution >= 4 is 12.3 Å². The quantitative estimate of drug-likeness (QED) is 0.165. The highest BCUT2D eigenvalue weighted by Gasteiger charge is 2.70. The van der Waals surface area contributed by atoms with E-state index < -0.39 is 18.1 Å². The number of esters is 1. The topological polar surface area (TPSA) is 43.4 Å². The Balaban J connectivity index is 1.13. The monoisotopic (exact) mass is 668 g/mol. The molecule has 0 aromatic heterocycles. The standard InChI is InChI=1S/C45H61FO3/c1-30(2)33-17-24-45(29-47)26-25-42(6)35(38(33)45)13-14-37-41(5)20-18-34(40(3,4)36(41)19-21-43(37,42)7)32-15-22-44(28-46,23-16-32)39(48)49-27-31-11-9-8-10-12-31/h8-12,15,18,29,33,35-38H,1,13-14,16-17,19-28H2,2-7H3/t33-,35+,36?,37?,38?,41-,42+,43+,44-,45+/m0/s1. The van der Waals surface area contributed by atoms with Gasteiger partial charge >= 0.3 is 5.97 Å². The van der Waals surface area contributed by atoms with Crippen molar-refractivity contribution in [1.82, 2.24) is 0 Å². The van der Waals surface area contributed by atoms with Crippen LogP contribution in [0.2, 0.25) is 0 Å². The largest absolute Gasteiger partial charge is 0.460 e. The fraction of sp³-hybridized carbons (Fsp3) is 0.689. The molecule has 3 unspecified atom stereocenters. The van der Waals surface area contributed by atoms with Gasteiger partial charge in [0.05, 0.1) is 5.41 Å². The predicted octanol–water partition coefficient (Wildman–Crippen LogP) is 11.2. The first-order valence-corrected chi connectivity index (χ1v) is 19.5. The van der Waals surface area contributed by atoms with Crippen molar-refractivity contribution in [3.05, 3.63) is 71.3 Å². The van der Waals surface area contributed by atoms with Gasteiger partial charge in [0.15, 0.2) is 0 Å². The highest BCUT2D eigenvalue weighted by atomic mass is 19.1. The van der Waals surface area contributed by atoms with Crippen LogP contribution in [0.15, 0.2) is 65.8 Å². The normalized spacial score (nSPS) is 43.9. The minimum Gasteiger partial charge on any atom is -0.460 e. The molecule has 4 heteroatoms. The summed E-state index contributed by atoms with van der Waals surface area (Å²) < 4.78 is 20.3. The van der Waals surface area contributed by atoms with Gasteiger partial charge in [-0.1, -0.05) is 89.3 Å². The first-order chi connectivity index (χ1) is 23.2. The van der Waals surface area contributed by atoms with E-state index in [9.17, 15) is 14.0 Å². The first kappa shape index (κ1) is 34.9. The molecule has 6 aliphatic carbocycles. The summed E-state index contributed by atoms with van der Waals surface area (Å²) in [6.45, 7) is 19.0. The Labute approximate surface area is 295 Å². The zero-order valence-corrected chi connectivity index (χ0v) is 31.2. The third kappa shape index (κ3) is 4.98. The SMILES string of the molecule is C=C(C)[C@@H]1CC[C@]2(C=O)CC[C@]3(C)[C@H](CCC4[C@@]5(C)CC=C(C6=CC[C@](CF)(C(=O)OCc7ccccc7)CC6)C(C)(C)C5CC[C@]43C)C12. The minimum absolute atomic E-state index is 0.00279. The van der Waals surface area contributed by atoms with Crippen molar-refractivity contribution in [2.24, 2.45) is 62.1 Å². The molecule has 10 atom stereocenters. The molecule has 7 rings (SSSR count). The fourth-order valence-electron chi connectivity index (χ4n) is 13.9. The molecule has 0 saturated heterocycles. The summed E-state index contributed by atoms with van der Waals surface area (Å²) in [5.74, 6) is 2.31. The van der Waals surface area contributed by atoms with Crippen LogP contribution in [0, 0.1) is 62.1 Å². The van der Waals surface area contributed by atoms with E-state index >= 15 is 0 Å². The molecule has 0 aliphatic heterocycles. The summed E-state index contributed by atoms with van der Waals surface area (Å²) >= 11 is 0. The van der Waals surface area contributed by atoms with E-state index in [4.69, 9.17) is 4.74 Å². The summed E-state index contributed by atoms with van der Waals surface area (Å²) in [7, 11) is 0. The van der Waals surface area contributed by atoms with Crippen molar-refractivity contribution in [3.8, 4) is 0 Å². The molecule has 266 valence electrons. The van der Waals surface area contributed by atoms with Crippen LogP contribution >= 0.6 is 0 Å². The average Bonchev–Trinajstić information content (AvgIpc) is 3.48. The number of rotatable bonds is 7. The van der Waals surface area contributed by atoms with E-state index in [2.05, 4.69) is 60.3 Å². The average molecular weight is 669 g/mol. The van der Waals surface area contributed by atoms with Gasteiger partial charge in [-0.25, -0.2) is 4.39 Å². The lowest BCUT2D eigenvalue weighted by molar-refractivity contribution is -0.224. The molecule has 3 nitrogen and oxygen atoms in total. The lowest BCUT2D eigenvalue weighted by Crippen LogP contribution is -2.65. The molecular formula is C45H61FO3. The number of carbonyl (C=O) groups excluding carboxylic acids is 2. The van der Waals surface area contributed by atoms with Gasteiger partial charge in [0.2, 0.25) is 0 Å². The summed E-state index contributed by atoms with van der Waals surface area (Å²) in [6, 6.07) is 9.65. The van der Waals surface area contributed by atoms with E-state index in [0.717, 1.165) is 31.2 Å². The molecule has 0 N–H and O–H groups in total. The Morgan fingerprint density at radius 3 is 2.31 bits per heavy atom. The number of fused-ring (bicyclic) bond motifs is 7. The van der Waals surface area contributed by atoms with Crippen molar-refractivity contribution in [2.75, 3.05) is 6.67 Å². The van der Waals surface area contributed by atoms with Crippen LogP contribution in [0.1, 0.15) is 124 Å². The second-order valence-corrected chi connectivity index (χ2v) is 19.0. The Morgan fingerprint density at radius 1 is 0.898 bits per heavy atom. The number of aldehydes is 1. The molecule has 1 aromatic rings. The van der Waals surface area contributed by atoms with E-state index in [-0.39, 0.29) is 33.7 Å². The van der Waals surface area contributed by atoms with Crippen molar-refractivity contribution in [2.45, 2.75) is 125 Å². The molecule has 4 fully saturated rings. The van der Waals surface area contributed by atoms with Gasteiger partial charge < -0.3 is 9.53 Å². The molecule has 0 radical (unpaired) electrons. The van der Waals surface area contributed by atoms with Gasteiger partial charge in [-0.05, 0) is 152 Å². The zero-order valence-electron chi connectivity index (χ0n) is 31.2. The van der Waals surface area contributed by atoms with Crippen molar-refractivity contribution in [3.63, 3.8) is 0 Å². The second kappa shape index (κ2) is 12.0. The van der Waals surface area contributed by atoms with Crippen LogP contribution < -0.4 is 0 Å². The van der Waals surface area contributed by atoms with Crippen molar-refractivity contribution in [1.29, 1.82) is 0 Å². The highest BCUT2D eigenvalue weighted by Crippen LogP contribution is 2.77. The van der Waals surface area contributed by atoms with Gasteiger partial charge in [-0.2, -0.15) is 0 Å². The lowest BCUT2D eigenvalue weighted by Gasteiger charge is -2.72. The summed E-state index contributed by atoms with van der Waals surface area (Å²) in [5.41, 5.74) is 4.41. The second-order valence-electron chi connectivity index (χ2n) is 19.0. The number of hydrogen-bond acceptors (Lipinski definition) is 3. The van der Waals surface area contributed by atoms with Crippen LogP contribution in [-0.2, 0) is 20.9 Å². The first-order valence-electron chi connectivity index (χ1n) is 19.5. The smallest absolute Gasteiger partial charge is 0.315 e. The number of benzene rings is 1. The Morgan fingerprint density at radius 2 is 1.65 bits per heavy atom. The summed E-state index contributed by atoms with van der Waals surface area (Å²) in [4.78, 5) is 26.1. The van der Waals surface area contributed by atoms with E-state index in [1.54, 1.807) is 0 Å². The van der Waals surface area contributed by atoms with Crippen LogP contribution in [0.3, 0.4) is 0 Å². The maximum Gasteiger partial charge on any atom is 0.315 e. The molecule has 4 saturated carbocycles. The number of hydrogen-bond donors (Lipinski definition) is 0. The number of alkyl halides is 1. The van der Waals surface area contributed by atoms with Crippen LogP contribution in [-0.4, -0.2) is 18.9 Å². The molecule has 49 heavy (non-hydrogen) atoms. The molecular weight excluding hydrogens is 607 g/mol. The fourth-order valence-corrected chi connectivity index (χ4v) is 13.9. The third-order valence-electron chi connectivity index (χ3n) is 16.8. The number of carbonyl (C=O) groups is 2. The van der Waals surface area contributed by atoms with Crippen LogP contribution in [0.4, 0.5) is 4.39 Å².